The standard InChI is InChI=1S/C21H24ClN3O2S/c22-15-3-1-13(2-4-15)14-5-8-25(9-6-14)21-17-11-16(26)12-23-19(17)20-18(24-21)7-10-28(20)27/h1-4,14,16,23,26H,5-12H2/t16?,28-/m0/s1. The Labute approximate surface area is 172 Å². The zero-order chi connectivity index (χ0) is 19.3. The van der Waals surface area contributed by atoms with Crippen LogP contribution in [0.4, 0.5) is 11.5 Å². The van der Waals surface area contributed by atoms with Crippen LogP contribution >= 0.6 is 11.6 Å². The summed E-state index contributed by atoms with van der Waals surface area (Å²) in [6, 6.07) is 8.20. The van der Waals surface area contributed by atoms with Crippen LogP contribution in [0.3, 0.4) is 0 Å². The van der Waals surface area contributed by atoms with Gasteiger partial charge in [0.05, 0.1) is 33.2 Å². The molecule has 148 valence electrons. The fraction of sp³-hybridized carbons (Fsp3) is 0.476. The first-order chi connectivity index (χ1) is 13.6. The van der Waals surface area contributed by atoms with Crippen LogP contribution in [0.15, 0.2) is 29.2 Å². The second-order valence-corrected chi connectivity index (χ2v) is 9.86. The van der Waals surface area contributed by atoms with Crippen LogP contribution < -0.4 is 10.2 Å². The third-order valence-electron chi connectivity index (χ3n) is 6.14. The molecule has 0 radical (unpaired) electrons. The number of aryl methyl sites for hydroxylation is 1. The van der Waals surface area contributed by atoms with Crippen molar-refractivity contribution in [2.24, 2.45) is 0 Å². The summed E-state index contributed by atoms with van der Waals surface area (Å²) >= 11 is 6.03. The maximum absolute atomic E-state index is 12.5. The Balaban J connectivity index is 1.43. The van der Waals surface area contributed by atoms with E-state index < -0.39 is 16.9 Å². The number of hydrogen-bond acceptors (Lipinski definition) is 5. The van der Waals surface area contributed by atoms with Crippen LogP contribution in [0.1, 0.15) is 35.6 Å². The molecule has 2 aromatic rings. The van der Waals surface area contributed by atoms with Crippen LogP contribution in [0, 0.1) is 0 Å². The average Bonchev–Trinajstić information content (AvgIpc) is 3.09. The van der Waals surface area contributed by atoms with E-state index >= 15 is 0 Å². The molecule has 5 rings (SSSR count). The summed E-state index contributed by atoms with van der Waals surface area (Å²) in [4.78, 5) is 8.18. The van der Waals surface area contributed by atoms with Gasteiger partial charge in [-0.1, -0.05) is 23.7 Å². The highest BCUT2D eigenvalue weighted by Gasteiger charge is 2.33. The molecule has 3 aliphatic rings. The molecule has 2 atom stereocenters. The van der Waals surface area contributed by atoms with Crippen LogP contribution in [-0.2, 0) is 23.6 Å². The lowest BCUT2D eigenvalue weighted by molar-refractivity contribution is 0.184. The van der Waals surface area contributed by atoms with E-state index in [1.165, 1.54) is 5.56 Å². The lowest BCUT2D eigenvalue weighted by Crippen LogP contribution is -2.37. The number of benzene rings is 1. The van der Waals surface area contributed by atoms with E-state index in [-0.39, 0.29) is 0 Å². The summed E-state index contributed by atoms with van der Waals surface area (Å²) in [5.74, 6) is 2.17. The predicted octanol–water partition coefficient (Wildman–Crippen LogP) is 3.11. The van der Waals surface area contributed by atoms with E-state index in [2.05, 4.69) is 22.3 Å². The van der Waals surface area contributed by atoms with E-state index in [0.717, 1.165) is 65.0 Å². The van der Waals surface area contributed by atoms with Crippen molar-refractivity contribution in [3.05, 3.63) is 46.1 Å². The molecular weight excluding hydrogens is 394 g/mol. The van der Waals surface area contributed by atoms with Crippen molar-refractivity contribution in [3.63, 3.8) is 0 Å². The Kier molecular flexibility index (Phi) is 4.81. The Morgan fingerprint density at radius 1 is 1.21 bits per heavy atom. The van der Waals surface area contributed by atoms with Gasteiger partial charge < -0.3 is 15.3 Å². The van der Waals surface area contributed by atoms with Gasteiger partial charge in [0.2, 0.25) is 0 Å². The van der Waals surface area contributed by atoms with E-state index in [9.17, 15) is 9.32 Å². The minimum Gasteiger partial charge on any atom is -0.391 e. The largest absolute Gasteiger partial charge is 0.391 e. The summed E-state index contributed by atoms with van der Waals surface area (Å²) < 4.78 is 12.5. The molecule has 0 aliphatic carbocycles. The van der Waals surface area contributed by atoms with Gasteiger partial charge in [-0.3, -0.25) is 4.21 Å². The highest BCUT2D eigenvalue weighted by molar-refractivity contribution is 7.85. The quantitative estimate of drug-likeness (QED) is 0.786. The first-order valence-electron chi connectivity index (χ1n) is 9.96. The number of aromatic nitrogens is 1. The molecule has 1 saturated heterocycles. The minimum atomic E-state index is -0.980. The van der Waals surface area contributed by atoms with Crippen molar-refractivity contribution in [3.8, 4) is 0 Å². The van der Waals surface area contributed by atoms with E-state index in [4.69, 9.17) is 16.6 Å². The van der Waals surface area contributed by atoms with E-state index in [0.29, 0.717) is 24.6 Å². The normalized spacial score (nSPS) is 24.6. The van der Waals surface area contributed by atoms with Gasteiger partial charge in [0, 0.05) is 48.8 Å². The summed E-state index contributed by atoms with van der Waals surface area (Å²) in [6.07, 6.45) is 3.06. The van der Waals surface area contributed by atoms with Crippen LogP contribution in [0.2, 0.25) is 5.02 Å². The van der Waals surface area contributed by atoms with Crippen molar-refractivity contribution < 1.29 is 9.32 Å². The number of rotatable bonds is 2. The van der Waals surface area contributed by atoms with Crippen molar-refractivity contribution in [2.45, 2.75) is 42.6 Å². The highest BCUT2D eigenvalue weighted by Crippen LogP contribution is 2.41. The molecule has 5 nitrogen and oxygen atoms in total. The second kappa shape index (κ2) is 7.32. The van der Waals surface area contributed by atoms with E-state index in [1.807, 2.05) is 12.1 Å². The Morgan fingerprint density at radius 2 is 1.96 bits per heavy atom. The number of halogens is 1. The maximum Gasteiger partial charge on any atom is 0.134 e. The van der Waals surface area contributed by atoms with Gasteiger partial charge in [0.15, 0.2) is 0 Å². The minimum absolute atomic E-state index is 0.424. The molecule has 1 aromatic heterocycles. The van der Waals surface area contributed by atoms with Crippen LogP contribution in [-0.4, -0.2) is 45.8 Å². The fourth-order valence-corrected chi connectivity index (χ4v) is 6.22. The van der Waals surface area contributed by atoms with Crippen LogP contribution in [0.5, 0.6) is 0 Å². The Bertz CT molecular complexity index is 926. The van der Waals surface area contributed by atoms with Gasteiger partial charge in [-0.05, 0) is 36.5 Å². The molecule has 4 heterocycles. The molecule has 0 saturated carbocycles. The number of anilines is 2. The number of piperidine rings is 1. The molecule has 1 aromatic carbocycles. The number of aliphatic hydroxyl groups is 1. The van der Waals surface area contributed by atoms with Gasteiger partial charge in [-0.2, -0.15) is 0 Å². The van der Waals surface area contributed by atoms with E-state index in [1.54, 1.807) is 0 Å². The molecule has 3 aliphatic heterocycles. The lowest BCUT2D eigenvalue weighted by Gasteiger charge is -2.36. The lowest BCUT2D eigenvalue weighted by atomic mass is 9.89. The second-order valence-electron chi connectivity index (χ2n) is 7.92. The summed E-state index contributed by atoms with van der Waals surface area (Å²) in [5, 5.41) is 14.3. The maximum atomic E-state index is 12.5. The van der Waals surface area contributed by atoms with Crippen molar-refractivity contribution in [1.82, 2.24) is 4.98 Å². The Hall–Kier alpha value is -1.63. The highest BCUT2D eigenvalue weighted by atomic mass is 35.5. The molecular formula is C21H24ClN3O2S. The molecule has 7 heteroatoms. The molecule has 0 spiro atoms. The number of β-amino-alcohol motifs (C(OH)–C–C–N with tert-alkyl or cyclic N) is 1. The third kappa shape index (κ3) is 3.21. The summed E-state index contributed by atoms with van der Waals surface area (Å²) in [5.41, 5.74) is 4.33. The van der Waals surface area contributed by atoms with Crippen LogP contribution in [0.25, 0.3) is 0 Å². The number of fused-ring (bicyclic) bond motifs is 3. The van der Waals surface area contributed by atoms with Gasteiger partial charge in [-0.25, -0.2) is 4.98 Å². The van der Waals surface area contributed by atoms with Crippen molar-refractivity contribution >= 4 is 33.9 Å². The molecule has 0 bridgehead atoms. The van der Waals surface area contributed by atoms with Crippen molar-refractivity contribution in [1.29, 1.82) is 0 Å². The SMILES string of the molecule is O=[S@]1CCc2nc(N3CCC(c4ccc(Cl)cc4)CC3)c3c(c21)NCC(O)C3. The van der Waals surface area contributed by atoms with Gasteiger partial charge >= 0.3 is 0 Å². The zero-order valence-electron chi connectivity index (χ0n) is 15.7. The fourth-order valence-electron chi connectivity index (χ4n) is 4.67. The number of pyridine rings is 1. The zero-order valence-corrected chi connectivity index (χ0v) is 17.2. The van der Waals surface area contributed by atoms with Gasteiger partial charge in [0.25, 0.3) is 0 Å². The van der Waals surface area contributed by atoms with Gasteiger partial charge in [0.1, 0.15) is 5.82 Å². The smallest absolute Gasteiger partial charge is 0.134 e. The molecule has 2 N–H and O–H groups in total. The number of nitrogens with zero attached hydrogens (tertiary/aromatic N) is 2. The number of aliphatic hydroxyl groups excluding tert-OH is 1. The monoisotopic (exact) mass is 417 g/mol. The third-order valence-corrected chi connectivity index (χ3v) is 7.87. The number of hydrogen-bond donors (Lipinski definition) is 2. The predicted molar refractivity (Wildman–Crippen MR) is 113 cm³/mol. The van der Waals surface area contributed by atoms with Crippen molar-refractivity contribution in [2.75, 3.05) is 35.6 Å². The topological polar surface area (TPSA) is 65.5 Å². The summed E-state index contributed by atoms with van der Waals surface area (Å²) in [6.45, 7) is 2.38. The first-order valence-corrected chi connectivity index (χ1v) is 11.7. The molecule has 28 heavy (non-hydrogen) atoms. The molecule has 1 fully saturated rings. The average molecular weight is 418 g/mol. The first kappa shape index (κ1) is 18.4. The van der Waals surface area contributed by atoms with Gasteiger partial charge in [-0.15, -0.1) is 0 Å². The summed E-state index contributed by atoms with van der Waals surface area (Å²) in [7, 11) is -0.980. The molecule has 0 amide bonds. The number of nitrogens with one attached hydrogen (secondary N) is 1. The Morgan fingerprint density at radius 3 is 2.71 bits per heavy atom. The molecule has 1 unspecified atom stereocenters.